The highest BCUT2D eigenvalue weighted by molar-refractivity contribution is 7.91. The molecule has 1 unspecified atom stereocenters. The van der Waals surface area contributed by atoms with Crippen LogP contribution in [0, 0.1) is 0 Å². The number of nitrogens with zero attached hydrogens (tertiary/aromatic N) is 1. The van der Waals surface area contributed by atoms with Gasteiger partial charge in [0.25, 0.3) is 15.9 Å². The summed E-state index contributed by atoms with van der Waals surface area (Å²) in [5, 5.41) is 3.68. The Morgan fingerprint density at radius 1 is 1.29 bits per heavy atom. The topological polar surface area (TPSA) is 66.5 Å². The summed E-state index contributed by atoms with van der Waals surface area (Å²) in [5.41, 5.74) is 2.22. The summed E-state index contributed by atoms with van der Waals surface area (Å²) in [6.07, 6.45) is 1.68. The monoisotopic (exact) mass is 384 g/mol. The fourth-order valence-corrected chi connectivity index (χ4v) is 5.30. The molecule has 128 valence electrons. The second kappa shape index (κ2) is 6.48. The zero-order valence-electron chi connectivity index (χ0n) is 13.2. The van der Waals surface area contributed by atoms with Crippen LogP contribution in [-0.2, 0) is 16.4 Å². The average Bonchev–Trinajstić information content (AvgIpc) is 3.14. The number of hydrogen-bond donors (Lipinski definition) is 1. The molecule has 0 saturated heterocycles. The van der Waals surface area contributed by atoms with Gasteiger partial charge in [0.1, 0.15) is 4.21 Å². The van der Waals surface area contributed by atoms with Crippen LogP contribution in [0.5, 0.6) is 0 Å². The van der Waals surface area contributed by atoms with E-state index in [4.69, 9.17) is 11.6 Å². The van der Waals surface area contributed by atoms with E-state index in [1.165, 1.54) is 20.2 Å². The first-order valence-corrected chi connectivity index (χ1v) is 10.0. The summed E-state index contributed by atoms with van der Waals surface area (Å²) in [7, 11) is -0.578. The number of amides is 1. The SMILES string of the molecule is CN(C)S(=O)(=O)c1ccc(C(=O)NC2CCc3cc(Cl)ccc32)s1. The molecular formula is C16H17ClN2O3S2. The minimum Gasteiger partial charge on any atom is -0.345 e. The van der Waals surface area contributed by atoms with Gasteiger partial charge in [-0.2, -0.15) is 0 Å². The fourth-order valence-electron chi connectivity index (χ4n) is 2.73. The summed E-state index contributed by atoms with van der Waals surface area (Å²) in [4.78, 5) is 12.8. The lowest BCUT2D eigenvalue weighted by molar-refractivity contribution is 0.0941. The molecule has 8 heteroatoms. The smallest absolute Gasteiger partial charge is 0.261 e. The Hall–Kier alpha value is -1.41. The maximum absolute atomic E-state index is 12.5. The number of fused-ring (bicyclic) bond motifs is 1. The predicted molar refractivity (Wildman–Crippen MR) is 95.2 cm³/mol. The van der Waals surface area contributed by atoms with E-state index in [0.717, 1.165) is 39.6 Å². The van der Waals surface area contributed by atoms with Gasteiger partial charge in [0.15, 0.2) is 0 Å². The van der Waals surface area contributed by atoms with Crippen molar-refractivity contribution in [3.63, 3.8) is 0 Å². The van der Waals surface area contributed by atoms with Gasteiger partial charge >= 0.3 is 0 Å². The van der Waals surface area contributed by atoms with Gasteiger partial charge in [-0.25, -0.2) is 12.7 Å². The van der Waals surface area contributed by atoms with Crippen LogP contribution < -0.4 is 5.32 Å². The minimum absolute atomic E-state index is 0.0687. The molecule has 1 aromatic heterocycles. The number of carbonyl (C=O) groups is 1. The van der Waals surface area contributed by atoms with Crippen LogP contribution in [0.4, 0.5) is 0 Å². The Morgan fingerprint density at radius 2 is 2.04 bits per heavy atom. The van der Waals surface area contributed by atoms with Crippen LogP contribution in [-0.4, -0.2) is 32.7 Å². The van der Waals surface area contributed by atoms with Crippen molar-refractivity contribution in [3.8, 4) is 0 Å². The maximum atomic E-state index is 12.5. The first kappa shape index (κ1) is 17.4. The first-order valence-electron chi connectivity index (χ1n) is 7.40. The van der Waals surface area contributed by atoms with E-state index in [0.29, 0.717) is 9.90 Å². The van der Waals surface area contributed by atoms with E-state index in [-0.39, 0.29) is 16.2 Å². The van der Waals surface area contributed by atoms with Gasteiger partial charge in [0.2, 0.25) is 0 Å². The van der Waals surface area contributed by atoms with Crippen molar-refractivity contribution in [2.24, 2.45) is 0 Å². The van der Waals surface area contributed by atoms with Crippen LogP contribution in [0.3, 0.4) is 0 Å². The highest BCUT2D eigenvalue weighted by Crippen LogP contribution is 2.33. The van der Waals surface area contributed by atoms with Crippen LogP contribution in [0.15, 0.2) is 34.5 Å². The van der Waals surface area contributed by atoms with Gasteiger partial charge in [0.05, 0.1) is 10.9 Å². The van der Waals surface area contributed by atoms with E-state index < -0.39 is 10.0 Å². The number of aryl methyl sites for hydroxylation is 1. The third-order valence-corrected chi connectivity index (χ3v) is 7.63. The molecule has 2 aromatic rings. The van der Waals surface area contributed by atoms with Crippen molar-refractivity contribution >= 4 is 38.9 Å². The normalized spacial score (nSPS) is 17.1. The van der Waals surface area contributed by atoms with Crippen LogP contribution >= 0.6 is 22.9 Å². The number of rotatable bonds is 4. The predicted octanol–water partition coefficient (Wildman–Crippen LogP) is 3.07. The molecule has 24 heavy (non-hydrogen) atoms. The second-order valence-corrected chi connectivity index (χ2v) is 9.71. The molecule has 5 nitrogen and oxygen atoms in total. The fraction of sp³-hybridized carbons (Fsp3) is 0.312. The molecular weight excluding hydrogens is 368 g/mol. The zero-order valence-corrected chi connectivity index (χ0v) is 15.6. The molecule has 0 spiro atoms. The van der Waals surface area contributed by atoms with Crippen molar-refractivity contribution in [2.45, 2.75) is 23.1 Å². The van der Waals surface area contributed by atoms with Crippen molar-refractivity contribution in [1.29, 1.82) is 0 Å². The molecule has 1 amide bonds. The largest absolute Gasteiger partial charge is 0.345 e. The van der Waals surface area contributed by atoms with E-state index in [9.17, 15) is 13.2 Å². The number of sulfonamides is 1. The molecule has 3 rings (SSSR count). The summed E-state index contributed by atoms with van der Waals surface area (Å²) < 4.78 is 25.5. The molecule has 0 saturated carbocycles. The Balaban J connectivity index is 1.77. The van der Waals surface area contributed by atoms with E-state index in [1.54, 1.807) is 6.07 Å². The van der Waals surface area contributed by atoms with Crippen LogP contribution in [0.1, 0.15) is 33.3 Å². The van der Waals surface area contributed by atoms with Gasteiger partial charge in [-0.1, -0.05) is 17.7 Å². The third kappa shape index (κ3) is 3.21. The Morgan fingerprint density at radius 3 is 2.75 bits per heavy atom. The van der Waals surface area contributed by atoms with Crippen molar-refractivity contribution in [3.05, 3.63) is 51.4 Å². The molecule has 0 bridgehead atoms. The average molecular weight is 385 g/mol. The molecule has 0 aliphatic heterocycles. The minimum atomic E-state index is -3.51. The summed E-state index contributed by atoms with van der Waals surface area (Å²) in [6.45, 7) is 0. The Labute approximate surface area is 150 Å². The standard InChI is InChI=1S/C16H17ClN2O3S2/c1-19(2)24(21,22)15-8-7-14(23-15)16(20)18-13-6-3-10-9-11(17)4-5-12(10)13/h4-5,7-9,13H,3,6H2,1-2H3,(H,18,20). The molecule has 0 radical (unpaired) electrons. The number of thiophene rings is 1. The molecule has 0 fully saturated rings. The molecule has 1 aliphatic carbocycles. The summed E-state index contributed by atoms with van der Waals surface area (Å²) in [6, 6.07) is 8.63. The van der Waals surface area contributed by atoms with E-state index in [1.807, 2.05) is 18.2 Å². The quantitative estimate of drug-likeness (QED) is 0.880. The van der Waals surface area contributed by atoms with Crippen molar-refractivity contribution < 1.29 is 13.2 Å². The Kier molecular flexibility index (Phi) is 4.70. The zero-order chi connectivity index (χ0) is 17.5. The second-order valence-electron chi connectivity index (χ2n) is 5.81. The lowest BCUT2D eigenvalue weighted by Gasteiger charge is -2.13. The van der Waals surface area contributed by atoms with Gasteiger partial charge in [0, 0.05) is 19.1 Å². The van der Waals surface area contributed by atoms with Crippen molar-refractivity contribution in [2.75, 3.05) is 14.1 Å². The first-order chi connectivity index (χ1) is 11.3. The molecule has 1 aromatic carbocycles. The van der Waals surface area contributed by atoms with Gasteiger partial charge < -0.3 is 5.32 Å². The van der Waals surface area contributed by atoms with Crippen LogP contribution in [0.2, 0.25) is 5.02 Å². The van der Waals surface area contributed by atoms with Gasteiger partial charge in [-0.15, -0.1) is 11.3 Å². The lowest BCUT2D eigenvalue weighted by Crippen LogP contribution is -2.26. The summed E-state index contributed by atoms with van der Waals surface area (Å²) >= 11 is 6.98. The number of halogens is 1. The number of hydrogen-bond acceptors (Lipinski definition) is 4. The third-order valence-electron chi connectivity index (χ3n) is 4.03. The van der Waals surface area contributed by atoms with E-state index >= 15 is 0 Å². The summed E-state index contributed by atoms with van der Waals surface area (Å²) in [5.74, 6) is -0.256. The number of carbonyl (C=O) groups excluding carboxylic acids is 1. The van der Waals surface area contributed by atoms with Crippen molar-refractivity contribution in [1.82, 2.24) is 9.62 Å². The van der Waals surface area contributed by atoms with Gasteiger partial charge in [-0.3, -0.25) is 4.79 Å². The molecule has 1 N–H and O–H groups in total. The van der Waals surface area contributed by atoms with Gasteiger partial charge in [-0.05, 0) is 48.2 Å². The highest BCUT2D eigenvalue weighted by Gasteiger charge is 2.26. The number of benzene rings is 1. The lowest BCUT2D eigenvalue weighted by atomic mass is 10.1. The highest BCUT2D eigenvalue weighted by atomic mass is 35.5. The van der Waals surface area contributed by atoms with Crippen LogP contribution in [0.25, 0.3) is 0 Å². The maximum Gasteiger partial charge on any atom is 0.261 e. The Bertz CT molecular complexity index is 890. The molecule has 1 heterocycles. The van der Waals surface area contributed by atoms with E-state index in [2.05, 4.69) is 5.32 Å². The number of nitrogens with one attached hydrogen (secondary N) is 1. The molecule has 1 aliphatic rings. The molecule has 1 atom stereocenters.